The average molecular weight is 383 g/mol. The highest BCUT2D eigenvalue weighted by molar-refractivity contribution is 5.99. The second kappa shape index (κ2) is 7.22. The Hall–Kier alpha value is -2.37. The molecule has 0 spiro atoms. The lowest BCUT2D eigenvalue weighted by atomic mass is 9.67. The summed E-state index contributed by atoms with van der Waals surface area (Å²) in [6.45, 7) is 3.56. The lowest BCUT2D eigenvalue weighted by Crippen LogP contribution is -2.53. The predicted octanol–water partition coefficient (Wildman–Crippen LogP) is 3.20. The third kappa shape index (κ3) is 3.64. The molecule has 2 saturated heterocycles. The SMILES string of the molecule is CN1C(=N)C[C@](C)(C2CCCN(C(=O)NC3C[C@H]3c3ccccc3)C2)CC1=O. The molecular formula is C22H30N4O2. The maximum atomic E-state index is 12.8. The number of amidine groups is 1. The fraction of sp³-hybridized carbons (Fsp3) is 0.591. The molecule has 3 fully saturated rings. The highest BCUT2D eigenvalue weighted by Gasteiger charge is 2.45. The van der Waals surface area contributed by atoms with E-state index in [-0.39, 0.29) is 29.3 Å². The summed E-state index contributed by atoms with van der Waals surface area (Å²) in [7, 11) is 1.68. The smallest absolute Gasteiger partial charge is 0.317 e. The van der Waals surface area contributed by atoms with Crippen molar-refractivity contribution in [1.82, 2.24) is 15.1 Å². The van der Waals surface area contributed by atoms with Crippen molar-refractivity contribution in [2.24, 2.45) is 11.3 Å². The van der Waals surface area contributed by atoms with Crippen LogP contribution in [0.5, 0.6) is 0 Å². The molecule has 2 aliphatic heterocycles. The Morgan fingerprint density at radius 2 is 2.00 bits per heavy atom. The number of urea groups is 1. The minimum absolute atomic E-state index is 0.0176. The first-order valence-corrected chi connectivity index (χ1v) is 10.3. The van der Waals surface area contributed by atoms with Crippen molar-refractivity contribution < 1.29 is 9.59 Å². The van der Waals surface area contributed by atoms with Crippen molar-refractivity contribution in [3.05, 3.63) is 35.9 Å². The van der Waals surface area contributed by atoms with Crippen molar-refractivity contribution in [2.45, 2.75) is 51.0 Å². The summed E-state index contributed by atoms with van der Waals surface area (Å²) < 4.78 is 0. The van der Waals surface area contributed by atoms with Crippen LogP contribution >= 0.6 is 0 Å². The van der Waals surface area contributed by atoms with E-state index in [0.717, 1.165) is 25.8 Å². The summed E-state index contributed by atoms with van der Waals surface area (Å²) in [6.07, 6.45) is 4.04. The van der Waals surface area contributed by atoms with Crippen LogP contribution in [-0.4, -0.2) is 53.8 Å². The Morgan fingerprint density at radius 1 is 1.25 bits per heavy atom. The van der Waals surface area contributed by atoms with Crippen molar-refractivity contribution in [1.29, 1.82) is 5.41 Å². The number of rotatable bonds is 3. The number of nitrogens with one attached hydrogen (secondary N) is 2. The van der Waals surface area contributed by atoms with Gasteiger partial charge in [0.2, 0.25) is 5.91 Å². The minimum atomic E-state index is -0.230. The Morgan fingerprint density at radius 3 is 2.71 bits per heavy atom. The van der Waals surface area contributed by atoms with Gasteiger partial charge in [0, 0.05) is 44.9 Å². The first-order chi connectivity index (χ1) is 13.4. The van der Waals surface area contributed by atoms with E-state index >= 15 is 0 Å². The normalized spacial score (nSPS) is 33.0. The van der Waals surface area contributed by atoms with E-state index in [0.29, 0.717) is 31.1 Å². The minimum Gasteiger partial charge on any atom is -0.335 e. The molecule has 4 atom stereocenters. The van der Waals surface area contributed by atoms with Crippen LogP contribution in [0.4, 0.5) is 4.79 Å². The Labute approximate surface area is 166 Å². The van der Waals surface area contributed by atoms with Crippen LogP contribution in [0.2, 0.25) is 0 Å². The fourth-order valence-corrected chi connectivity index (χ4v) is 4.87. The first kappa shape index (κ1) is 19.0. The molecule has 6 nitrogen and oxygen atoms in total. The molecule has 1 saturated carbocycles. The Balaban J connectivity index is 1.36. The van der Waals surface area contributed by atoms with Gasteiger partial charge in [-0.05, 0) is 36.2 Å². The van der Waals surface area contributed by atoms with Gasteiger partial charge in [0.25, 0.3) is 0 Å². The number of hydrogen-bond acceptors (Lipinski definition) is 3. The number of benzene rings is 1. The molecule has 0 aromatic heterocycles. The van der Waals surface area contributed by atoms with Crippen LogP contribution in [0, 0.1) is 16.7 Å². The van der Waals surface area contributed by atoms with Gasteiger partial charge in [0.15, 0.2) is 0 Å². The third-order valence-corrected chi connectivity index (χ3v) is 6.93. The van der Waals surface area contributed by atoms with Crippen LogP contribution in [0.15, 0.2) is 30.3 Å². The summed E-state index contributed by atoms with van der Waals surface area (Å²) >= 11 is 0. The molecule has 2 N–H and O–H groups in total. The van der Waals surface area contributed by atoms with Crippen LogP contribution < -0.4 is 5.32 Å². The summed E-state index contributed by atoms with van der Waals surface area (Å²) in [6, 6.07) is 10.6. The number of carbonyl (C=O) groups excluding carboxylic acids is 2. The number of carbonyl (C=O) groups is 2. The summed E-state index contributed by atoms with van der Waals surface area (Å²) in [5, 5.41) is 11.4. The van der Waals surface area contributed by atoms with Crippen molar-refractivity contribution >= 4 is 17.8 Å². The van der Waals surface area contributed by atoms with E-state index < -0.39 is 0 Å². The molecule has 4 rings (SSSR count). The van der Waals surface area contributed by atoms with Gasteiger partial charge >= 0.3 is 6.03 Å². The number of amides is 3. The Kier molecular flexibility index (Phi) is 4.89. The molecule has 1 aliphatic carbocycles. The molecular weight excluding hydrogens is 352 g/mol. The number of hydrogen-bond donors (Lipinski definition) is 2. The number of piperidine rings is 2. The molecule has 2 heterocycles. The number of nitrogens with zero attached hydrogens (tertiary/aromatic N) is 2. The lowest BCUT2D eigenvalue weighted by molar-refractivity contribution is -0.131. The quantitative estimate of drug-likeness (QED) is 0.842. The molecule has 1 aromatic carbocycles. The zero-order valence-electron chi connectivity index (χ0n) is 16.8. The monoisotopic (exact) mass is 382 g/mol. The summed E-state index contributed by atoms with van der Waals surface area (Å²) in [5.41, 5.74) is 1.06. The van der Waals surface area contributed by atoms with Gasteiger partial charge < -0.3 is 15.1 Å². The van der Waals surface area contributed by atoms with Gasteiger partial charge in [0.1, 0.15) is 5.84 Å². The van der Waals surface area contributed by atoms with E-state index in [2.05, 4.69) is 24.4 Å². The molecule has 150 valence electrons. The van der Waals surface area contributed by atoms with Crippen LogP contribution in [-0.2, 0) is 4.79 Å². The van der Waals surface area contributed by atoms with Gasteiger partial charge in [-0.2, -0.15) is 0 Å². The third-order valence-electron chi connectivity index (χ3n) is 6.93. The molecule has 3 aliphatic rings. The molecule has 1 aromatic rings. The fourth-order valence-electron chi connectivity index (χ4n) is 4.87. The maximum absolute atomic E-state index is 12.8. The second-order valence-electron chi connectivity index (χ2n) is 9.00. The maximum Gasteiger partial charge on any atom is 0.317 e. The molecule has 0 radical (unpaired) electrons. The van der Waals surface area contributed by atoms with Gasteiger partial charge in [0.05, 0.1) is 0 Å². The van der Waals surface area contributed by atoms with E-state index in [4.69, 9.17) is 5.41 Å². The lowest BCUT2D eigenvalue weighted by Gasteiger charge is -2.46. The summed E-state index contributed by atoms with van der Waals surface area (Å²) in [4.78, 5) is 28.5. The van der Waals surface area contributed by atoms with E-state index in [1.54, 1.807) is 7.05 Å². The standard InChI is InChI=1S/C22H30N4O2/c1-22(12-19(23)25(2)20(27)13-22)16-9-6-10-26(14-16)21(28)24-18-11-17(18)15-7-4-3-5-8-15/h3-5,7-8,16-18,23H,6,9-14H2,1-2H3,(H,24,28)/t16?,17-,18?,22-/m0/s1. The van der Waals surface area contributed by atoms with Crippen molar-refractivity contribution in [3.63, 3.8) is 0 Å². The highest BCUT2D eigenvalue weighted by atomic mass is 16.2. The molecule has 2 unspecified atom stereocenters. The van der Waals surface area contributed by atoms with E-state index in [1.165, 1.54) is 10.5 Å². The van der Waals surface area contributed by atoms with Gasteiger partial charge in [-0.1, -0.05) is 37.3 Å². The average Bonchev–Trinajstić information content (AvgIpc) is 3.46. The molecule has 6 heteroatoms. The van der Waals surface area contributed by atoms with Crippen LogP contribution in [0.25, 0.3) is 0 Å². The van der Waals surface area contributed by atoms with Gasteiger partial charge in [-0.25, -0.2) is 4.79 Å². The molecule has 0 bridgehead atoms. The van der Waals surface area contributed by atoms with Crippen molar-refractivity contribution in [2.75, 3.05) is 20.1 Å². The zero-order chi connectivity index (χ0) is 19.9. The predicted molar refractivity (Wildman–Crippen MR) is 108 cm³/mol. The number of likely N-dealkylation sites (tertiary alicyclic amines) is 2. The molecule has 3 amide bonds. The van der Waals surface area contributed by atoms with E-state index in [1.807, 2.05) is 23.1 Å². The Bertz CT molecular complexity index is 760. The largest absolute Gasteiger partial charge is 0.335 e. The van der Waals surface area contributed by atoms with Gasteiger partial charge in [-0.15, -0.1) is 0 Å². The van der Waals surface area contributed by atoms with Crippen LogP contribution in [0.1, 0.15) is 50.5 Å². The molecule has 28 heavy (non-hydrogen) atoms. The first-order valence-electron chi connectivity index (χ1n) is 10.3. The van der Waals surface area contributed by atoms with E-state index in [9.17, 15) is 9.59 Å². The summed E-state index contributed by atoms with van der Waals surface area (Å²) in [5.74, 6) is 1.09. The second-order valence-corrected chi connectivity index (χ2v) is 9.00. The topological polar surface area (TPSA) is 76.5 Å². The van der Waals surface area contributed by atoms with Gasteiger partial charge in [-0.3, -0.25) is 10.2 Å². The van der Waals surface area contributed by atoms with Crippen molar-refractivity contribution in [3.8, 4) is 0 Å². The van der Waals surface area contributed by atoms with Crippen LogP contribution in [0.3, 0.4) is 0 Å². The zero-order valence-corrected chi connectivity index (χ0v) is 16.8. The highest BCUT2D eigenvalue weighted by Crippen LogP contribution is 2.44.